The first-order valence-corrected chi connectivity index (χ1v) is 13.1. The summed E-state index contributed by atoms with van der Waals surface area (Å²) in [6.45, 7) is 12.4. The molecular weight excluding hydrogens is 364 g/mol. The molecule has 0 amide bonds. The van der Waals surface area contributed by atoms with E-state index in [0.717, 1.165) is 47.6 Å². The van der Waals surface area contributed by atoms with E-state index in [-0.39, 0.29) is 0 Å². The van der Waals surface area contributed by atoms with Crippen molar-refractivity contribution in [3.63, 3.8) is 0 Å². The summed E-state index contributed by atoms with van der Waals surface area (Å²) >= 11 is 0. The Labute approximate surface area is 185 Å². The normalized spacial score (nSPS) is 46.6. The molecule has 4 aliphatic rings. The van der Waals surface area contributed by atoms with Gasteiger partial charge in [-0.05, 0) is 117 Å². The highest BCUT2D eigenvalue weighted by atomic mass is 14.8. The number of fused-ring (bicyclic) bond motifs is 5. The van der Waals surface area contributed by atoms with Crippen LogP contribution in [0.25, 0.3) is 0 Å². The molecule has 0 aromatic carbocycles. The van der Waals surface area contributed by atoms with Crippen LogP contribution in [-0.2, 0) is 6.42 Å². The summed E-state index contributed by atoms with van der Waals surface area (Å²) in [5.41, 5.74) is 3.20. The van der Waals surface area contributed by atoms with Crippen molar-refractivity contribution in [3.05, 3.63) is 23.8 Å². The number of aryl methyl sites for hydroxylation is 1. The first-order chi connectivity index (χ1) is 14.3. The van der Waals surface area contributed by atoms with Gasteiger partial charge in [0, 0.05) is 12.4 Å². The minimum atomic E-state index is 0.436. The van der Waals surface area contributed by atoms with Gasteiger partial charge in [-0.1, -0.05) is 34.1 Å². The largest absolute Gasteiger partial charge is 0.261 e. The van der Waals surface area contributed by atoms with Crippen molar-refractivity contribution in [2.45, 2.75) is 98.8 Å². The molecule has 0 N–H and O–H groups in total. The summed E-state index contributed by atoms with van der Waals surface area (Å²) in [5.74, 6) is 6.82. The third-order valence-corrected chi connectivity index (χ3v) is 11.3. The molecule has 166 valence electrons. The molecule has 0 spiro atoms. The third-order valence-electron chi connectivity index (χ3n) is 11.3. The molecule has 0 aliphatic heterocycles. The van der Waals surface area contributed by atoms with Gasteiger partial charge in [-0.15, -0.1) is 0 Å². The second-order valence-corrected chi connectivity index (χ2v) is 12.5. The Morgan fingerprint density at radius 2 is 1.77 bits per heavy atom. The molecule has 0 bridgehead atoms. The van der Waals surface area contributed by atoms with Crippen molar-refractivity contribution in [1.82, 2.24) is 9.97 Å². The first-order valence-electron chi connectivity index (χ1n) is 13.1. The van der Waals surface area contributed by atoms with Crippen molar-refractivity contribution < 1.29 is 0 Å². The van der Waals surface area contributed by atoms with Crippen molar-refractivity contribution in [1.29, 1.82) is 0 Å². The molecule has 4 fully saturated rings. The van der Waals surface area contributed by atoms with Crippen molar-refractivity contribution in [2.75, 3.05) is 0 Å². The van der Waals surface area contributed by atoms with E-state index in [9.17, 15) is 0 Å². The minimum Gasteiger partial charge on any atom is -0.261 e. The summed E-state index contributed by atoms with van der Waals surface area (Å²) < 4.78 is 0. The van der Waals surface area contributed by atoms with E-state index in [2.05, 4.69) is 39.6 Å². The van der Waals surface area contributed by atoms with Crippen LogP contribution >= 0.6 is 0 Å². The molecule has 2 heteroatoms. The Morgan fingerprint density at radius 3 is 2.57 bits per heavy atom. The SMILES string of the molecule is Cc1cncc(C[C@H](C)[C@@]2(C)CC[C@H]3[C@@H]4CC[C@@H]5C[C@@H](C)CC[C@@H]5[C@H]4CC[C@@]32C)n1. The van der Waals surface area contributed by atoms with Gasteiger partial charge in [0.05, 0.1) is 11.4 Å². The highest BCUT2D eigenvalue weighted by Crippen LogP contribution is 2.70. The average molecular weight is 409 g/mol. The van der Waals surface area contributed by atoms with Crippen molar-refractivity contribution in [3.8, 4) is 0 Å². The molecule has 4 aliphatic carbocycles. The number of hydrogen-bond donors (Lipinski definition) is 0. The zero-order valence-corrected chi connectivity index (χ0v) is 20.2. The van der Waals surface area contributed by atoms with Gasteiger partial charge in [-0.2, -0.15) is 0 Å². The Hall–Kier alpha value is -0.920. The second-order valence-electron chi connectivity index (χ2n) is 12.5. The Morgan fingerprint density at radius 1 is 0.967 bits per heavy atom. The molecule has 30 heavy (non-hydrogen) atoms. The molecule has 2 nitrogen and oxygen atoms in total. The smallest absolute Gasteiger partial charge is 0.0592 e. The Kier molecular flexibility index (Phi) is 5.30. The van der Waals surface area contributed by atoms with Crippen LogP contribution in [0.5, 0.6) is 0 Å². The van der Waals surface area contributed by atoms with Gasteiger partial charge < -0.3 is 0 Å². The quantitative estimate of drug-likeness (QED) is 0.526. The van der Waals surface area contributed by atoms with E-state index >= 15 is 0 Å². The van der Waals surface area contributed by atoms with Gasteiger partial charge in [-0.3, -0.25) is 9.97 Å². The molecule has 5 rings (SSSR count). The predicted molar refractivity (Wildman–Crippen MR) is 124 cm³/mol. The van der Waals surface area contributed by atoms with Crippen LogP contribution < -0.4 is 0 Å². The summed E-state index contributed by atoms with van der Waals surface area (Å²) in [7, 11) is 0. The van der Waals surface area contributed by atoms with E-state index in [1.807, 2.05) is 12.4 Å². The van der Waals surface area contributed by atoms with Crippen LogP contribution in [0, 0.1) is 59.2 Å². The lowest BCUT2D eigenvalue weighted by molar-refractivity contribution is -0.0992. The lowest BCUT2D eigenvalue weighted by Gasteiger charge is -2.59. The fraction of sp³-hybridized carbons (Fsp3) is 0.857. The van der Waals surface area contributed by atoms with Gasteiger partial charge in [0.25, 0.3) is 0 Å². The predicted octanol–water partition coefficient (Wildman–Crippen LogP) is 7.26. The van der Waals surface area contributed by atoms with Crippen LogP contribution in [0.1, 0.15) is 96.9 Å². The maximum Gasteiger partial charge on any atom is 0.0592 e. The molecule has 4 saturated carbocycles. The van der Waals surface area contributed by atoms with Gasteiger partial charge >= 0.3 is 0 Å². The molecule has 0 saturated heterocycles. The lowest BCUT2D eigenvalue weighted by atomic mass is 9.46. The molecule has 1 aromatic rings. The molecule has 9 atom stereocenters. The highest BCUT2D eigenvalue weighted by Gasteiger charge is 2.62. The fourth-order valence-electron chi connectivity index (χ4n) is 9.35. The van der Waals surface area contributed by atoms with Gasteiger partial charge in [0.15, 0.2) is 0 Å². The Balaban J connectivity index is 1.35. The number of aromatic nitrogens is 2. The van der Waals surface area contributed by atoms with E-state index in [1.54, 1.807) is 0 Å². The number of nitrogens with zero attached hydrogens (tertiary/aromatic N) is 2. The number of rotatable bonds is 3. The summed E-state index contributed by atoms with van der Waals surface area (Å²) in [6.07, 6.45) is 18.5. The molecule has 0 radical (unpaired) electrons. The Bertz CT molecular complexity index is 774. The molecule has 1 heterocycles. The molecular formula is C28H44N2. The van der Waals surface area contributed by atoms with Crippen LogP contribution in [0.2, 0.25) is 0 Å². The van der Waals surface area contributed by atoms with Gasteiger partial charge in [0.2, 0.25) is 0 Å². The zero-order chi connectivity index (χ0) is 21.1. The monoisotopic (exact) mass is 408 g/mol. The number of hydrogen-bond acceptors (Lipinski definition) is 2. The fourth-order valence-corrected chi connectivity index (χ4v) is 9.35. The van der Waals surface area contributed by atoms with E-state index in [0.29, 0.717) is 16.7 Å². The molecule has 1 aromatic heterocycles. The zero-order valence-electron chi connectivity index (χ0n) is 20.2. The average Bonchev–Trinajstić information content (AvgIpc) is 3.00. The topological polar surface area (TPSA) is 25.8 Å². The van der Waals surface area contributed by atoms with E-state index in [4.69, 9.17) is 4.98 Å². The summed E-state index contributed by atoms with van der Waals surface area (Å²) in [6, 6.07) is 0. The van der Waals surface area contributed by atoms with Crippen molar-refractivity contribution >= 4 is 0 Å². The standard InChI is InChI=1S/C28H44N2/c1-18-6-8-23-21(14-18)7-9-25-24(23)10-12-28(5)26(25)11-13-27(28,4)19(2)15-22-17-29-16-20(3)30-22/h16-19,21,23-26H,6-15H2,1-5H3/t18-,19-,21+,23-,24+,25+,26-,27+,28-/m0/s1. The van der Waals surface area contributed by atoms with Crippen LogP contribution in [0.3, 0.4) is 0 Å². The maximum atomic E-state index is 4.80. The van der Waals surface area contributed by atoms with Gasteiger partial charge in [-0.25, -0.2) is 0 Å². The second kappa shape index (κ2) is 7.59. The maximum absolute atomic E-state index is 4.80. The van der Waals surface area contributed by atoms with Gasteiger partial charge in [0.1, 0.15) is 0 Å². The lowest BCUT2D eigenvalue weighted by Crippen LogP contribution is -2.52. The molecule has 0 unspecified atom stereocenters. The van der Waals surface area contributed by atoms with E-state index < -0.39 is 0 Å². The summed E-state index contributed by atoms with van der Waals surface area (Å²) in [5, 5.41) is 0. The minimum absolute atomic E-state index is 0.436. The summed E-state index contributed by atoms with van der Waals surface area (Å²) in [4.78, 5) is 9.22. The highest BCUT2D eigenvalue weighted by molar-refractivity contribution is 5.13. The van der Waals surface area contributed by atoms with Crippen LogP contribution in [0.15, 0.2) is 12.4 Å². The van der Waals surface area contributed by atoms with E-state index in [1.165, 1.54) is 63.5 Å². The first kappa shape index (κ1) is 21.0. The van der Waals surface area contributed by atoms with Crippen LogP contribution in [0.4, 0.5) is 0 Å². The third kappa shape index (κ3) is 3.18. The van der Waals surface area contributed by atoms with Crippen molar-refractivity contribution in [2.24, 2.45) is 52.3 Å². The van der Waals surface area contributed by atoms with Crippen LogP contribution in [-0.4, -0.2) is 9.97 Å².